The zero-order valence-electron chi connectivity index (χ0n) is 14.2. The standard InChI is InChI=1S/C20H19FN2OS/c1-13-4-3-5-17-14(2)10-19(23-20(13)17)25-12-18(24)22-11-15-6-8-16(21)9-7-15/h3-10H,11-12H2,1-2H3,(H,22,24). The fourth-order valence-electron chi connectivity index (χ4n) is 2.60. The summed E-state index contributed by atoms with van der Waals surface area (Å²) in [5.41, 5.74) is 4.14. The number of carbonyl (C=O) groups excluding carboxylic acids is 1. The van der Waals surface area contributed by atoms with Crippen LogP contribution in [-0.2, 0) is 11.3 Å². The number of aryl methyl sites for hydroxylation is 2. The third-order valence-corrected chi connectivity index (χ3v) is 4.89. The number of para-hydroxylation sites is 1. The second-order valence-corrected chi connectivity index (χ2v) is 6.94. The second kappa shape index (κ2) is 7.66. The predicted octanol–water partition coefficient (Wildman–Crippen LogP) is 4.40. The van der Waals surface area contributed by atoms with Crippen LogP contribution in [0.15, 0.2) is 53.6 Å². The monoisotopic (exact) mass is 354 g/mol. The van der Waals surface area contributed by atoms with E-state index in [1.807, 2.05) is 25.1 Å². The van der Waals surface area contributed by atoms with Crippen molar-refractivity contribution in [2.75, 3.05) is 5.75 Å². The highest BCUT2D eigenvalue weighted by atomic mass is 32.2. The quantitative estimate of drug-likeness (QED) is 0.691. The van der Waals surface area contributed by atoms with Gasteiger partial charge in [-0.25, -0.2) is 9.37 Å². The first-order chi connectivity index (χ1) is 12.0. The first kappa shape index (κ1) is 17.4. The lowest BCUT2D eigenvalue weighted by molar-refractivity contribution is -0.118. The maximum absolute atomic E-state index is 12.9. The van der Waals surface area contributed by atoms with Crippen LogP contribution in [0.5, 0.6) is 0 Å². The Kier molecular flexibility index (Phi) is 5.34. The van der Waals surface area contributed by atoms with Gasteiger partial charge in [0.2, 0.25) is 5.91 Å². The Morgan fingerprint density at radius 2 is 1.88 bits per heavy atom. The molecule has 3 rings (SSSR count). The van der Waals surface area contributed by atoms with Gasteiger partial charge in [0.15, 0.2) is 0 Å². The third kappa shape index (κ3) is 4.37. The van der Waals surface area contributed by atoms with Gasteiger partial charge in [0, 0.05) is 11.9 Å². The van der Waals surface area contributed by atoms with Crippen LogP contribution in [0.4, 0.5) is 4.39 Å². The van der Waals surface area contributed by atoms with Crippen LogP contribution in [0.25, 0.3) is 10.9 Å². The molecule has 0 atom stereocenters. The zero-order chi connectivity index (χ0) is 17.8. The SMILES string of the molecule is Cc1cc(SCC(=O)NCc2ccc(F)cc2)nc2c(C)cccc12. The molecule has 0 saturated heterocycles. The lowest BCUT2D eigenvalue weighted by Crippen LogP contribution is -2.24. The van der Waals surface area contributed by atoms with E-state index in [9.17, 15) is 9.18 Å². The van der Waals surface area contributed by atoms with E-state index in [0.717, 1.165) is 32.6 Å². The second-order valence-electron chi connectivity index (χ2n) is 5.94. The maximum atomic E-state index is 12.9. The number of hydrogen-bond acceptors (Lipinski definition) is 3. The molecule has 0 bridgehead atoms. The summed E-state index contributed by atoms with van der Waals surface area (Å²) in [7, 11) is 0. The van der Waals surface area contributed by atoms with Crippen molar-refractivity contribution in [1.29, 1.82) is 0 Å². The van der Waals surface area contributed by atoms with Crippen molar-refractivity contribution in [2.45, 2.75) is 25.4 Å². The van der Waals surface area contributed by atoms with E-state index in [2.05, 4.69) is 23.3 Å². The normalized spacial score (nSPS) is 10.8. The number of nitrogens with one attached hydrogen (secondary N) is 1. The van der Waals surface area contributed by atoms with Crippen LogP contribution >= 0.6 is 11.8 Å². The lowest BCUT2D eigenvalue weighted by atomic mass is 10.1. The van der Waals surface area contributed by atoms with E-state index in [-0.39, 0.29) is 11.7 Å². The number of carbonyl (C=O) groups is 1. The summed E-state index contributed by atoms with van der Waals surface area (Å²) in [6.07, 6.45) is 0. The van der Waals surface area contributed by atoms with Crippen molar-refractivity contribution in [2.24, 2.45) is 0 Å². The summed E-state index contributed by atoms with van der Waals surface area (Å²) in [5.74, 6) is -0.0530. The molecule has 0 aliphatic heterocycles. The minimum atomic E-state index is -0.279. The van der Waals surface area contributed by atoms with E-state index < -0.39 is 0 Å². The lowest BCUT2D eigenvalue weighted by Gasteiger charge is -2.09. The zero-order valence-corrected chi connectivity index (χ0v) is 15.0. The predicted molar refractivity (Wildman–Crippen MR) is 100 cm³/mol. The molecule has 0 radical (unpaired) electrons. The minimum Gasteiger partial charge on any atom is -0.351 e. The van der Waals surface area contributed by atoms with Gasteiger partial charge in [-0.05, 0) is 48.7 Å². The van der Waals surface area contributed by atoms with E-state index in [1.165, 1.54) is 23.9 Å². The molecule has 25 heavy (non-hydrogen) atoms. The number of halogens is 1. The van der Waals surface area contributed by atoms with Crippen LogP contribution in [0, 0.1) is 19.7 Å². The molecule has 0 spiro atoms. The Morgan fingerprint density at radius 1 is 1.12 bits per heavy atom. The first-order valence-electron chi connectivity index (χ1n) is 8.04. The largest absolute Gasteiger partial charge is 0.351 e. The number of nitrogens with zero attached hydrogens (tertiary/aromatic N) is 1. The summed E-state index contributed by atoms with van der Waals surface area (Å²) in [4.78, 5) is 16.7. The van der Waals surface area contributed by atoms with Crippen molar-refractivity contribution in [1.82, 2.24) is 10.3 Å². The fraction of sp³-hybridized carbons (Fsp3) is 0.200. The molecule has 3 nitrogen and oxygen atoms in total. The topological polar surface area (TPSA) is 42.0 Å². The van der Waals surface area contributed by atoms with Crippen LogP contribution in [0.2, 0.25) is 0 Å². The Balaban J connectivity index is 1.61. The molecule has 0 aliphatic rings. The highest BCUT2D eigenvalue weighted by Crippen LogP contribution is 2.25. The molecule has 0 saturated carbocycles. The Bertz CT molecular complexity index is 909. The van der Waals surface area contributed by atoms with E-state index in [4.69, 9.17) is 0 Å². The molecule has 0 aliphatic carbocycles. The average molecular weight is 354 g/mol. The molecule has 0 fully saturated rings. The number of pyridine rings is 1. The number of fused-ring (bicyclic) bond motifs is 1. The van der Waals surface area contributed by atoms with Crippen molar-refractivity contribution in [3.63, 3.8) is 0 Å². The number of benzene rings is 2. The van der Waals surface area contributed by atoms with Gasteiger partial charge in [-0.1, -0.05) is 42.1 Å². The van der Waals surface area contributed by atoms with Gasteiger partial charge in [0.25, 0.3) is 0 Å². The molecule has 5 heteroatoms. The van der Waals surface area contributed by atoms with E-state index in [0.29, 0.717) is 12.3 Å². The Labute approximate surface area is 150 Å². The minimum absolute atomic E-state index is 0.0707. The molecule has 128 valence electrons. The number of rotatable bonds is 5. The highest BCUT2D eigenvalue weighted by molar-refractivity contribution is 7.99. The molecular weight excluding hydrogens is 335 g/mol. The number of thioether (sulfide) groups is 1. The summed E-state index contributed by atoms with van der Waals surface area (Å²) in [6, 6.07) is 14.3. The van der Waals surface area contributed by atoms with Crippen molar-refractivity contribution >= 4 is 28.6 Å². The number of aromatic nitrogens is 1. The molecule has 1 amide bonds. The third-order valence-electron chi connectivity index (χ3n) is 3.98. The summed E-state index contributed by atoms with van der Waals surface area (Å²) < 4.78 is 12.9. The van der Waals surface area contributed by atoms with Crippen LogP contribution < -0.4 is 5.32 Å². The molecule has 3 aromatic rings. The van der Waals surface area contributed by atoms with Crippen molar-refractivity contribution in [3.05, 3.63) is 71.0 Å². The highest BCUT2D eigenvalue weighted by Gasteiger charge is 2.08. The van der Waals surface area contributed by atoms with Gasteiger partial charge >= 0.3 is 0 Å². The van der Waals surface area contributed by atoms with Crippen LogP contribution in [-0.4, -0.2) is 16.6 Å². The smallest absolute Gasteiger partial charge is 0.230 e. The van der Waals surface area contributed by atoms with Crippen LogP contribution in [0.1, 0.15) is 16.7 Å². The van der Waals surface area contributed by atoms with Gasteiger partial charge in [-0.3, -0.25) is 4.79 Å². The molecule has 1 heterocycles. The summed E-state index contributed by atoms with van der Waals surface area (Å²) in [5, 5.41) is 4.83. The van der Waals surface area contributed by atoms with Crippen molar-refractivity contribution in [3.8, 4) is 0 Å². The molecule has 1 N–H and O–H groups in total. The molecule has 2 aromatic carbocycles. The number of hydrogen-bond donors (Lipinski definition) is 1. The molecule has 1 aromatic heterocycles. The fourth-order valence-corrected chi connectivity index (χ4v) is 3.40. The van der Waals surface area contributed by atoms with E-state index >= 15 is 0 Å². The molecular formula is C20H19FN2OS. The van der Waals surface area contributed by atoms with Gasteiger partial charge in [-0.2, -0.15) is 0 Å². The maximum Gasteiger partial charge on any atom is 0.230 e. The molecule has 0 unspecified atom stereocenters. The van der Waals surface area contributed by atoms with Gasteiger partial charge in [-0.15, -0.1) is 0 Å². The summed E-state index contributed by atoms with van der Waals surface area (Å²) in [6.45, 7) is 4.49. The van der Waals surface area contributed by atoms with Crippen molar-refractivity contribution < 1.29 is 9.18 Å². The first-order valence-corrected chi connectivity index (χ1v) is 9.02. The average Bonchev–Trinajstić information content (AvgIpc) is 2.60. The van der Waals surface area contributed by atoms with Gasteiger partial charge < -0.3 is 5.32 Å². The van der Waals surface area contributed by atoms with Gasteiger partial charge in [0.1, 0.15) is 5.82 Å². The Hall–Kier alpha value is -2.40. The van der Waals surface area contributed by atoms with E-state index in [1.54, 1.807) is 12.1 Å². The Morgan fingerprint density at radius 3 is 2.64 bits per heavy atom. The van der Waals surface area contributed by atoms with Gasteiger partial charge in [0.05, 0.1) is 16.3 Å². The van der Waals surface area contributed by atoms with Crippen LogP contribution in [0.3, 0.4) is 0 Å². The number of amides is 1. The summed E-state index contributed by atoms with van der Waals surface area (Å²) >= 11 is 1.42.